The molecule has 0 spiro atoms. The number of rotatable bonds is 2. The van der Waals surface area contributed by atoms with Gasteiger partial charge in [0.15, 0.2) is 0 Å². The molecule has 2 unspecified atom stereocenters. The van der Waals surface area contributed by atoms with Crippen LogP contribution in [0.2, 0.25) is 0 Å². The van der Waals surface area contributed by atoms with E-state index in [4.69, 9.17) is 9.79 Å². The van der Waals surface area contributed by atoms with E-state index in [0.717, 1.165) is 0 Å². The van der Waals surface area contributed by atoms with Gasteiger partial charge in [0.25, 0.3) is 0 Å². The van der Waals surface area contributed by atoms with Crippen LogP contribution in [0.4, 0.5) is 0 Å². The molecule has 0 heterocycles. The van der Waals surface area contributed by atoms with Crippen molar-refractivity contribution in [2.75, 3.05) is 0 Å². The molecule has 2 N–H and O–H groups in total. The molecule has 0 aliphatic rings. The molecule has 0 aromatic rings. The maximum atomic E-state index is 9.46. The Morgan fingerprint density at radius 1 is 1.15 bits per heavy atom. The van der Waals surface area contributed by atoms with Gasteiger partial charge in [0, 0.05) is 0 Å². The van der Waals surface area contributed by atoms with Crippen LogP contribution in [-0.2, 0) is 29.1 Å². The Balaban J connectivity index is -0.000000120. The van der Waals surface area contributed by atoms with Crippen molar-refractivity contribution < 1.29 is 38.9 Å². The van der Waals surface area contributed by atoms with Crippen molar-refractivity contribution in [2.24, 2.45) is 0 Å². The first-order valence-electron chi connectivity index (χ1n) is 3.30. The van der Waals surface area contributed by atoms with Gasteiger partial charge < -0.3 is 0 Å². The van der Waals surface area contributed by atoms with E-state index in [0.29, 0.717) is 0 Å². The minimum atomic E-state index is -1.97. The van der Waals surface area contributed by atoms with Gasteiger partial charge in [-0.3, -0.25) is 0 Å². The molecule has 0 radical (unpaired) electrons. The normalized spacial score (nSPS) is 9.77. The van der Waals surface area contributed by atoms with E-state index in [-0.39, 0.29) is 0 Å². The van der Waals surface area contributed by atoms with Gasteiger partial charge >= 0.3 is 47.3 Å². The van der Waals surface area contributed by atoms with Crippen molar-refractivity contribution in [3.05, 3.63) is 12.3 Å². The molecule has 0 fully saturated rings. The van der Waals surface area contributed by atoms with Crippen LogP contribution in [0.25, 0.3) is 0 Å². The molecule has 0 rings (SSSR count). The van der Waals surface area contributed by atoms with Gasteiger partial charge in [-0.05, 0) is 12.3 Å². The molecule has 74 valence electrons. The second-order valence-corrected chi connectivity index (χ2v) is 4.55. The Labute approximate surface area is 92.4 Å². The molecular weight excluding hydrogens is 246 g/mol. The van der Waals surface area contributed by atoms with Crippen LogP contribution in [0.5, 0.6) is 0 Å². The van der Waals surface area contributed by atoms with Crippen LogP contribution in [0, 0.1) is 12.3 Å². The summed E-state index contributed by atoms with van der Waals surface area (Å²) in [5, 5.41) is 0. The van der Waals surface area contributed by atoms with Crippen LogP contribution < -0.4 is 0 Å². The Bertz CT molecular complexity index is 138. The molecule has 0 aliphatic heterocycles. The zero-order valence-corrected chi connectivity index (χ0v) is 11.2. The van der Waals surface area contributed by atoms with Crippen molar-refractivity contribution in [1.82, 2.24) is 0 Å². The van der Waals surface area contributed by atoms with Crippen molar-refractivity contribution in [1.29, 1.82) is 0 Å². The van der Waals surface area contributed by atoms with Crippen LogP contribution in [0.3, 0.4) is 0 Å². The first kappa shape index (κ1) is 19.3. The summed E-state index contributed by atoms with van der Waals surface area (Å²) in [6.45, 7) is 5.08. The third kappa shape index (κ3) is 65.8. The fourth-order valence-electron chi connectivity index (χ4n) is 0. The summed E-state index contributed by atoms with van der Waals surface area (Å²) in [6.07, 6.45) is 2.46. The minimum absolute atomic E-state index is 1.23. The third-order valence-corrected chi connectivity index (χ3v) is 1.33. The van der Waals surface area contributed by atoms with E-state index in [1.807, 2.05) is 31.2 Å². The molecule has 4 nitrogen and oxygen atoms in total. The van der Waals surface area contributed by atoms with Gasteiger partial charge in [0.05, 0.1) is 0 Å². The van der Waals surface area contributed by atoms with Crippen molar-refractivity contribution in [2.45, 2.75) is 20.8 Å². The van der Waals surface area contributed by atoms with Gasteiger partial charge in [-0.15, -0.1) is 13.8 Å². The summed E-state index contributed by atoms with van der Waals surface area (Å²) < 4.78 is 20.9. The molecule has 0 bridgehead atoms. The Morgan fingerprint density at radius 3 is 1.23 bits per heavy atom. The molecule has 7 heteroatoms. The van der Waals surface area contributed by atoms with Gasteiger partial charge in [-0.1, -0.05) is 9.13 Å². The molecule has 13 heavy (non-hydrogen) atoms. The molecule has 0 saturated heterocycles. The number of hydrogen-bond donors (Lipinski definition) is 2. The zero-order valence-electron chi connectivity index (χ0n) is 7.84. The van der Waals surface area contributed by atoms with E-state index in [9.17, 15) is 9.13 Å². The topological polar surface area (TPSA) is 74.6 Å². The third-order valence-electron chi connectivity index (χ3n) is 0.442. The van der Waals surface area contributed by atoms with Gasteiger partial charge in [0.2, 0.25) is 0 Å². The average molecular weight is 260 g/mol. The Kier molecular flexibility index (Phi) is 27.4. The predicted molar refractivity (Wildman–Crippen MR) is 51.3 cm³/mol. The van der Waals surface area contributed by atoms with Crippen LogP contribution in [0.15, 0.2) is 0 Å². The van der Waals surface area contributed by atoms with Crippen molar-refractivity contribution >= 4 is 20.4 Å². The zero-order chi connectivity index (χ0) is 11.3. The van der Waals surface area contributed by atoms with E-state index < -0.39 is 16.1 Å². The van der Waals surface area contributed by atoms with Gasteiger partial charge in [-0.2, -0.15) is 9.79 Å². The van der Waals surface area contributed by atoms with E-state index in [2.05, 4.69) is 0 Å². The number of hydrogen-bond acceptors (Lipinski definition) is 2. The van der Waals surface area contributed by atoms with Crippen LogP contribution >= 0.6 is 16.1 Å². The predicted octanol–water partition coefficient (Wildman–Crippen LogP) is 2.16. The van der Waals surface area contributed by atoms with Gasteiger partial charge in [-0.25, -0.2) is 0 Å². The summed E-state index contributed by atoms with van der Waals surface area (Å²) in [6, 6.07) is 0. The van der Waals surface area contributed by atoms with E-state index in [1.165, 1.54) is 12.3 Å². The summed E-state index contributed by atoms with van der Waals surface area (Å²) in [7, 11) is -3.95. The summed E-state index contributed by atoms with van der Waals surface area (Å²) in [5.74, 6) is 0. The van der Waals surface area contributed by atoms with E-state index in [1.54, 1.807) is 13.8 Å². The first-order chi connectivity index (χ1) is 5.95. The fourth-order valence-corrected chi connectivity index (χ4v) is 0. The second kappa shape index (κ2) is 18.5. The molecule has 0 aliphatic carbocycles. The van der Waals surface area contributed by atoms with Gasteiger partial charge in [0.1, 0.15) is 0 Å². The quantitative estimate of drug-likeness (QED) is 0.453. The first-order valence-corrected chi connectivity index (χ1v) is 6.77. The Morgan fingerprint density at radius 2 is 1.23 bits per heavy atom. The molecule has 0 saturated carbocycles. The van der Waals surface area contributed by atoms with Crippen LogP contribution in [0.1, 0.15) is 20.8 Å². The summed E-state index contributed by atoms with van der Waals surface area (Å²) >= 11 is 2.00. The average Bonchev–Trinajstić information content (AvgIpc) is 2.07. The second-order valence-electron chi connectivity index (χ2n) is 1.41. The molecular formula is C6H14O4P2Ti+2. The fraction of sp³-hybridized carbons (Fsp3) is 0.500. The van der Waals surface area contributed by atoms with Crippen molar-refractivity contribution in [3.8, 4) is 0 Å². The SMILES string of the molecule is C[CH-][P+](=O)O.C[CH-][P+](=O)O.C[CH]=[Ti+2]. The molecule has 0 aromatic heterocycles. The molecule has 2 atom stereocenters. The maximum absolute atomic E-state index is 9.46. The van der Waals surface area contributed by atoms with E-state index >= 15 is 0 Å². The monoisotopic (exact) mass is 260 g/mol. The Hall–Kier alpha value is 0.704. The molecule has 0 amide bonds. The van der Waals surface area contributed by atoms with Crippen LogP contribution in [-0.4, -0.2) is 14.1 Å². The van der Waals surface area contributed by atoms with Crippen molar-refractivity contribution in [3.63, 3.8) is 0 Å². The summed E-state index contributed by atoms with van der Waals surface area (Å²) in [5.41, 5.74) is 0. The standard InChI is InChI=1S/2C2H5O2P.C2H4.Ti/c2*1-2-5(3)4;1-2;/h2*2H,1H3,(H,3,4);1H,2H3;/q;;;+2. The summed E-state index contributed by atoms with van der Waals surface area (Å²) in [4.78, 5) is 15.6. The molecule has 0 aromatic carbocycles.